The van der Waals surface area contributed by atoms with Gasteiger partial charge in [0, 0.05) is 44.2 Å². The second kappa shape index (κ2) is 8.93. The van der Waals surface area contributed by atoms with Gasteiger partial charge in [-0.3, -0.25) is 9.69 Å². The van der Waals surface area contributed by atoms with Gasteiger partial charge in [-0.25, -0.2) is 9.97 Å². The third kappa shape index (κ3) is 4.41. The normalized spacial score (nSPS) is 15.7. The van der Waals surface area contributed by atoms with E-state index < -0.39 is 0 Å². The van der Waals surface area contributed by atoms with Crippen LogP contribution in [0.5, 0.6) is 0 Å². The van der Waals surface area contributed by atoms with E-state index in [0.29, 0.717) is 18.6 Å². The summed E-state index contributed by atoms with van der Waals surface area (Å²) in [5, 5.41) is 4.50. The van der Waals surface area contributed by atoms with Crippen molar-refractivity contribution in [1.82, 2.24) is 19.9 Å². The Bertz CT molecular complexity index is 1210. The molecule has 6 heteroatoms. The Labute approximate surface area is 187 Å². The fourth-order valence-electron chi connectivity index (χ4n) is 4.25. The number of Topliss-reactive ketones (excluding diaryl/α,β-unsaturated/α-hetero) is 1. The molecule has 0 aliphatic carbocycles. The maximum atomic E-state index is 11.4. The molecule has 0 amide bonds. The minimum Gasteiger partial charge on any atom is -0.363 e. The summed E-state index contributed by atoms with van der Waals surface area (Å²) >= 11 is 0. The Kier molecular flexibility index (Phi) is 5.69. The average molecular weight is 426 g/mol. The highest BCUT2D eigenvalue weighted by Gasteiger charge is 2.16. The molecule has 0 unspecified atom stereocenters. The number of piperidine rings is 1. The van der Waals surface area contributed by atoms with Crippen LogP contribution in [-0.4, -0.2) is 38.7 Å². The van der Waals surface area contributed by atoms with Crippen LogP contribution in [0.25, 0.3) is 22.3 Å². The van der Waals surface area contributed by atoms with Gasteiger partial charge in [0.1, 0.15) is 23.6 Å². The molecule has 1 saturated heterocycles. The number of carbonyl (C=O) groups is 1. The topological polar surface area (TPSA) is 73.9 Å². The van der Waals surface area contributed by atoms with Gasteiger partial charge in [0.25, 0.3) is 0 Å². The molecule has 1 fully saturated rings. The highest BCUT2D eigenvalue weighted by atomic mass is 16.1. The summed E-state index contributed by atoms with van der Waals surface area (Å²) in [4.78, 5) is 26.1. The predicted octanol–water partition coefficient (Wildman–Crippen LogP) is 4.96. The maximum Gasteiger partial charge on any atom is 0.143 e. The van der Waals surface area contributed by atoms with Gasteiger partial charge in [-0.1, -0.05) is 54.6 Å². The van der Waals surface area contributed by atoms with Gasteiger partial charge in [-0.05, 0) is 29.7 Å². The van der Waals surface area contributed by atoms with Gasteiger partial charge < -0.3 is 10.3 Å². The van der Waals surface area contributed by atoms with Gasteiger partial charge >= 0.3 is 0 Å². The van der Waals surface area contributed by atoms with Crippen LogP contribution >= 0.6 is 0 Å². The lowest BCUT2D eigenvalue weighted by atomic mass is 10.1. The van der Waals surface area contributed by atoms with Gasteiger partial charge in [-0.2, -0.15) is 0 Å². The van der Waals surface area contributed by atoms with E-state index >= 15 is 0 Å². The number of hydrogen-bond acceptors (Lipinski definition) is 5. The van der Waals surface area contributed by atoms with Crippen molar-refractivity contribution in [3.05, 3.63) is 78.1 Å². The van der Waals surface area contributed by atoms with Gasteiger partial charge in [0.2, 0.25) is 0 Å². The molecule has 4 aromatic rings. The number of carbonyl (C=O) groups excluding carboxylic acids is 1. The first-order valence-electron chi connectivity index (χ1n) is 11.1. The van der Waals surface area contributed by atoms with Gasteiger partial charge in [0.15, 0.2) is 0 Å². The van der Waals surface area contributed by atoms with Crippen molar-refractivity contribution in [3.63, 3.8) is 0 Å². The molecule has 3 heterocycles. The molecule has 0 bridgehead atoms. The molecule has 2 N–H and O–H groups in total. The van der Waals surface area contributed by atoms with Crippen molar-refractivity contribution in [2.24, 2.45) is 0 Å². The molecule has 0 radical (unpaired) electrons. The lowest BCUT2D eigenvalue weighted by molar-refractivity contribution is -0.121. The van der Waals surface area contributed by atoms with Crippen molar-refractivity contribution in [3.8, 4) is 11.3 Å². The minimum atomic E-state index is 0.136. The zero-order chi connectivity index (χ0) is 21.9. The molecule has 32 heavy (non-hydrogen) atoms. The summed E-state index contributed by atoms with van der Waals surface area (Å²) in [5.41, 5.74) is 5.43. The smallest absolute Gasteiger partial charge is 0.143 e. The highest BCUT2D eigenvalue weighted by Crippen LogP contribution is 2.29. The molecular weight excluding hydrogens is 398 g/mol. The summed E-state index contributed by atoms with van der Waals surface area (Å²) < 4.78 is 0. The van der Waals surface area contributed by atoms with E-state index in [1.165, 1.54) is 11.1 Å². The first-order chi connectivity index (χ1) is 15.7. The number of aromatic amines is 1. The van der Waals surface area contributed by atoms with Gasteiger partial charge in [-0.15, -0.1) is 0 Å². The molecule has 1 aliphatic heterocycles. The van der Waals surface area contributed by atoms with E-state index in [9.17, 15) is 4.79 Å². The summed E-state index contributed by atoms with van der Waals surface area (Å²) in [6.07, 6.45) is 2.94. The lowest BCUT2D eigenvalue weighted by Crippen LogP contribution is -2.33. The fraction of sp³-hybridized carbons (Fsp3) is 0.269. The third-order valence-electron chi connectivity index (χ3n) is 6.16. The van der Waals surface area contributed by atoms with Crippen LogP contribution in [0.1, 0.15) is 36.9 Å². The van der Waals surface area contributed by atoms with Gasteiger partial charge in [0.05, 0.1) is 5.39 Å². The molecule has 1 atom stereocenters. The summed E-state index contributed by atoms with van der Waals surface area (Å²) in [6, 6.07) is 21.2. The number of ketones is 1. The molecule has 162 valence electrons. The quantitative estimate of drug-likeness (QED) is 0.457. The summed E-state index contributed by atoms with van der Waals surface area (Å²) in [6.45, 7) is 4.74. The van der Waals surface area contributed by atoms with E-state index in [1.54, 1.807) is 6.33 Å². The predicted molar refractivity (Wildman–Crippen MR) is 127 cm³/mol. The standard InChI is InChI=1S/C26H27N5O/c1-18(20-5-3-2-4-6-20)29-25-23-15-24(30-26(23)28-17-27-25)21-9-7-19(8-10-21)16-31-13-11-22(32)12-14-31/h2-10,15,17-18H,11-14,16H2,1H3,(H2,27,28,29,30)/t18-/m1/s1. The Morgan fingerprint density at radius 3 is 2.53 bits per heavy atom. The number of fused-ring (bicyclic) bond motifs is 1. The molecule has 0 spiro atoms. The Hall–Kier alpha value is -3.51. The molecule has 5 rings (SSSR count). The van der Waals surface area contributed by atoms with Crippen molar-refractivity contribution in [1.29, 1.82) is 0 Å². The fourth-order valence-corrected chi connectivity index (χ4v) is 4.25. The Morgan fingerprint density at radius 2 is 1.78 bits per heavy atom. The van der Waals surface area contributed by atoms with Crippen LogP contribution in [0.4, 0.5) is 5.82 Å². The van der Waals surface area contributed by atoms with Crippen molar-refractivity contribution in [2.75, 3.05) is 18.4 Å². The van der Waals surface area contributed by atoms with Crippen molar-refractivity contribution in [2.45, 2.75) is 32.4 Å². The molecule has 0 saturated carbocycles. The summed E-state index contributed by atoms with van der Waals surface area (Å²) in [7, 11) is 0. The average Bonchev–Trinajstić information content (AvgIpc) is 3.27. The Balaban J connectivity index is 1.33. The highest BCUT2D eigenvalue weighted by molar-refractivity contribution is 5.91. The number of likely N-dealkylation sites (tertiary alicyclic amines) is 1. The van der Waals surface area contributed by atoms with Crippen molar-refractivity contribution >= 4 is 22.6 Å². The van der Waals surface area contributed by atoms with Crippen LogP contribution in [0.2, 0.25) is 0 Å². The number of H-pyrrole nitrogens is 1. The second-order valence-corrected chi connectivity index (χ2v) is 8.46. The minimum absolute atomic E-state index is 0.136. The van der Waals surface area contributed by atoms with Crippen LogP contribution in [0.15, 0.2) is 67.0 Å². The van der Waals surface area contributed by atoms with E-state index in [0.717, 1.165) is 47.7 Å². The molecule has 1 aliphatic rings. The third-order valence-corrected chi connectivity index (χ3v) is 6.16. The van der Waals surface area contributed by atoms with Crippen LogP contribution in [-0.2, 0) is 11.3 Å². The molecular formula is C26H27N5O. The number of aromatic nitrogens is 3. The SMILES string of the molecule is C[C@@H](Nc1ncnc2[nH]c(-c3ccc(CN4CCC(=O)CC4)cc3)cc12)c1ccccc1. The maximum absolute atomic E-state index is 11.4. The molecule has 2 aromatic carbocycles. The number of anilines is 1. The van der Waals surface area contributed by atoms with E-state index in [1.807, 2.05) is 18.2 Å². The van der Waals surface area contributed by atoms with Crippen molar-refractivity contribution < 1.29 is 4.79 Å². The first kappa shape index (κ1) is 20.4. The monoisotopic (exact) mass is 425 g/mol. The Morgan fingerprint density at radius 1 is 1.03 bits per heavy atom. The lowest BCUT2D eigenvalue weighted by Gasteiger charge is -2.25. The van der Waals surface area contributed by atoms with E-state index in [-0.39, 0.29) is 6.04 Å². The second-order valence-electron chi connectivity index (χ2n) is 8.46. The number of benzene rings is 2. The zero-order valence-corrected chi connectivity index (χ0v) is 18.2. The van der Waals surface area contributed by atoms with Crippen LogP contribution in [0.3, 0.4) is 0 Å². The number of nitrogens with one attached hydrogen (secondary N) is 2. The zero-order valence-electron chi connectivity index (χ0n) is 18.2. The molecule has 2 aromatic heterocycles. The van der Waals surface area contributed by atoms with Crippen LogP contribution in [0, 0.1) is 0 Å². The first-order valence-corrected chi connectivity index (χ1v) is 11.1. The number of hydrogen-bond donors (Lipinski definition) is 2. The van der Waals surface area contributed by atoms with E-state index in [4.69, 9.17) is 0 Å². The number of nitrogens with zero attached hydrogens (tertiary/aromatic N) is 3. The molecule has 6 nitrogen and oxygen atoms in total. The van der Waals surface area contributed by atoms with Crippen LogP contribution < -0.4 is 5.32 Å². The largest absolute Gasteiger partial charge is 0.363 e. The number of rotatable bonds is 6. The van der Waals surface area contributed by atoms with E-state index in [2.05, 4.69) is 74.6 Å². The summed E-state index contributed by atoms with van der Waals surface area (Å²) in [5.74, 6) is 1.20.